The van der Waals surface area contributed by atoms with Crippen molar-refractivity contribution < 1.29 is 4.74 Å². The van der Waals surface area contributed by atoms with E-state index in [1.165, 1.54) is 5.56 Å². The molecule has 1 rings (SSSR count). The smallest absolute Gasteiger partial charge is 0.0719 e. The number of hydrogen-bond acceptors (Lipinski definition) is 1. The van der Waals surface area contributed by atoms with Gasteiger partial charge >= 0.3 is 0 Å². The summed E-state index contributed by atoms with van der Waals surface area (Å²) >= 11 is 0. The number of ether oxygens (including phenoxy) is 1. The van der Waals surface area contributed by atoms with E-state index in [0.717, 1.165) is 18.0 Å². The van der Waals surface area contributed by atoms with Gasteiger partial charge in [-0.2, -0.15) is 0 Å². The Labute approximate surface area is 95.6 Å². The van der Waals surface area contributed by atoms with Crippen molar-refractivity contribution in [3.8, 4) is 0 Å². The maximum atomic E-state index is 5.73. The molecular weight excluding hydrogens is 200 g/mol. The van der Waals surface area contributed by atoms with Gasteiger partial charge in [0, 0.05) is 0 Å². The van der Waals surface area contributed by atoms with Gasteiger partial charge in [0.25, 0.3) is 0 Å². The molecule has 2 heteroatoms. The topological polar surface area (TPSA) is 9.23 Å². The molecule has 0 amide bonds. The Bertz CT molecular complexity index is 309. The summed E-state index contributed by atoms with van der Waals surface area (Å²) in [5.41, 5.74) is 1.19. The van der Waals surface area contributed by atoms with Crippen molar-refractivity contribution >= 4 is 15.4 Å². The number of hydrogen-bond donors (Lipinski definition) is 0. The summed E-state index contributed by atoms with van der Waals surface area (Å²) in [6.45, 7) is 6.46. The fourth-order valence-corrected chi connectivity index (χ4v) is 1.57. The third-order valence-electron chi connectivity index (χ3n) is 2.32. The van der Waals surface area contributed by atoms with Gasteiger partial charge in [-0.3, -0.25) is 0 Å². The zero-order chi connectivity index (χ0) is 11.1. The van der Waals surface area contributed by atoms with Crippen LogP contribution < -0.4 is 5.19 Å². The molecule has 1 atom stereocenters. The Balaban J connectivity index is 2.36. The van der Waals surface area contributed by atoms with E-state index in [0.29, 0.717) is 6.61 Å². The molecule has 0 N–H and O–H groups in total. The van der Waals surface area contributed by atoms with Crippen LogP contribution in [0.2, 0.25) is 0 Å². The molecule has 0 aliphatic heterocycles. The highest BCUT2D eigenvalue weighted by Crippen LogP contribution is 2.05. The zero-order valence-electron chi connectivity index (χ0n) is 9.20. The summed E-state index contributed by atoms with van der Waals surface area (Å²) in [5.74, 6) is 0. The van der Waals surface area contributed by atoms with Gasteiger partial charge in [0.1, 0.15) is 0 Å². The summed E-state index contributed by atoms with van der Waals surface area (Å²) in [6, 6.07) is 8.14. The van der Waals surface area contributed by atoms with E-state index in [1.54, 1.807) is 0 Å². The summed E-state index contributed by atoms with van der Waals surface area (Å²) in [4.78, 5) is 0. The molecule has 0 aromatic heterocycles. The molecular formula is C13H17OSi. The van der Waals surface area contributed by atoms with Crippen LogP contribution in [0.5, 0.6) is 0 Å². The van der Waals surface area contributed by atoms with Crippen LogP contribution in [0.4, 0.5) is 0 Å². The van der Waals surface area contributed by atoms with Gasteiger partial charge in [0.15, 0.2) is 0 Å². The standard InChI is InChI=1S/C13H17OSi/c1-3-4-7-11(2)14-10-12-8-5-6-9-13(12)15/h3,5-6,8-9,11H,1,4,7,10H2,2H3. The Morgan fingerprint density at radius 3 is 2.87 bits per heavy atom. The van der Waals surface area contributed by atoms with E-state index >= 15 is 0 Å². The van der Waals surface area contributed by atoms with Crippen LogP contribution in [-0.2, 0) is 11.3 Å². The molecule has 1 aromatic rings. The second-order valence-electron chi connectivity index (χ2n) is 3.64. The van der Waals surface area contributed by atoms with E-state index in [4.69, 9.17) is 4.74 Å². The van der Waals surface area contributed by atoms with Crippen LogP contribution in [0.1, 0.15) is 25.3 Å². The molecule has 15 heavy (non-hydrogen) atoms. The van der Waals surface area contributed by atoms with E-state index < -0.39 is 0 Å². The Hall–Kier alpha value is -0.863. The lowest BCUT2D eigenvalue weighted by atomic mass is 10.2. The molecule has 1 aromatic carbocycles. The minimum absolute atomic E-state index is 0.286. The summed E-state index contributed by atoms with van der Waals surface area (Å²) in [6.07, 6.45) is 4.26. The largest absolute Gasteiger partial charge is 0.374 e. The highest BCUT2D eigenvalue weighted by molar-refractivity contribution is 6.33. The van der Waals surface area contributed by atoms with Crippen LogP contribution in [-0.4, -0.2) is 16.3 Å². The second-order valence-corrected chi connectivity index (χ2v) is 4.18. The van der Waals surface area contributed by atoms with E-state index in [2.05, 4.69) is 29.8 Å². The third kappa shape index (κ3) is 4.45. The molecule has 3 radical (unpaired) electrons. The molecule has 0 aliphatic rings. The van der Waals surface area contributed by atoms with Gasteiger partial charge in [0.2, 0.25) is 0 Å². The second kappa shape index (κ2) is 6.59. The third-order valence-corrected chi connectivity index (χ3v) is 2.81. The predicted octanol–water partition coefficient (Wildman–Crippen LogP) is 2.35. The highest BCUT2D eigenvalue weighted by Gasteiger charge is 2.02. The van der Waals surface area contributed by atoms with Crippen molar-refractivity contribution in [2.45, 2.75) is 32.5 Å². The molecule has 1 nitrogen and oxygen atoms in total. The van der Waals surface area contributed by atoms with Crippen LogP contribution >= 0.6 is 0 Å². The van der Waals surface area contributed by atoms with Crippen molar-refractivity contribution in [3.63, 3.8) is 0 Å². The molecule has 79 valence electrons. The van der Waals surface area contributed by atoms with Gasteiger partial charge < -0.3 is 4.74 Å². The van der Waals surface area contributed by atoms with Gasteiger partial charge in [-0.1, -0.05) is 35.5 Å². The predicted molar refractivity (Wildman–Crippen MR) is 65.5 cm³/mol. The molecule has 0 saturated carbocycles. The number of rotatable bonds is 6. The maximum absolute atomic E-state index is 5.73. The number of allylic oxidation sites excluding steroid dienone is 1. The van der Waals surface area contributed by atoms with Crippen LogP contribution in [0, 0.1) is 0 Å². The Morgan fingerprint density at radius 2 is 2.20 bits per heavy atom. The van der Waals surface area contributed by atoms with Gasteiger partial charge in [-0.05, 0) is 25.3 Å². The summed E-state index contributed by atoms with van der Waals surface area (Å²) in [7, 11) is 3.55. The minimum Gasteiger partial charge on any atom is -0.374 e. The van der Waals surface area contributed by atoms with Crippen molar-refractivity contribution in [1.29, 1.82) is 0 Å². The quantitative estimate of drug-likeness (QED) is 0.525. The molecule has 0 bridgehead atoms. The summed E-state index contributed by atoms with van der Waals surface area (Å²) in [5, 5.41) is 1.11. The first kappa shape index (κ1) is 12.2. The lowest BCUT2D eigenvalue weighted by molar-refractivity contribution is 0.0487. The number of benzene rings is 1. The highest BCUT2D eigenvalue weighted by atomic mass is 28.1. The van der Waals surface area contributed by atoms with E-state index in [1.807, 2.05) is 24.3 Å². The molecule has 0 saturated heterocycles. The van der Waals surface area contributed by atoms with Crippen molar-refractivity contribution in [2.75, 3.05) is 0 Å². The van der Waals surface area contributed by atoms with Crippen molar-refractivity contribution in [3.05, 3.63) is 42.5 Å². The lowest BCUT2D eigenvalue weighted by Gasteiger charge is -2.13. The SMILES string of the molecule is C=CCCC(C)OCc1ccccc1[Si]. The van der Waals surface area contributed by atoms with Crippen LogP contribution in [0.3, 0.4) is 0 Å². The minimum atomic E-state index is 0.286. The Morgan fingerprint density at radius 1 is 1.47 bits per heavy atom. The van der Waals surface area contributed by atoms with Gasteiger partial charge in [-0.25, -0.2) is 0 Å². The molecule has 1 unspecified atom stereocenters. The average Bonchev–Trinajstić information content (AvgIpc) is 2.25. The van der Waals surface area contributed by atoms with Gasteiger partial charge in [-0.15, -0.1) is 6.58 Å². The molecule has 0 heterocycles. The first-order valence-electron chi connectivity index (χ1n) is 5.26. The average molecular weight is 217 g/mol. The monoisotopic (exact) mass is 217 g/mol. The fourth-order valence-electron chi connectivity index (χ4n) is 1.31. The fraction of sp³-hybridized carbons (Fsp3) is 0.385. The van der Waals surface area contributed by atoms with Crippen molar-refractivity contribution in [1.82, 2.24) is 0 Å². The molecule has 0 fully saturated rings. The molecule has 0 aliphatic carbocycles. The van der Waals surface area contributed by atoms with Crippen LogP contribution in [0.25, 0.3) is 0 Å². The first-order chi connectivity index (χ1) is 7.24. The Kier molecular flexibility index (Phi) is 5.36. The summed E-state index contributed by atoms with van der Waals surface area (Å²) < 4.78 is 5.73. The van der Waals surface area contributed by atoms with Crippen molar-refractivity contribution in [2.24, 2.45) is 0 Å². The maximum Gasteiger partial charge on any atom is 0.0719 e. The normalized spacial score (nSPS) is 12.4. The zero-order valence-corrected chi connectivity index (χ0v) is 10.2. The van der Waals surface area contributed by atoms with E-state index in [-0.39, 0.29) is 6.10 Å². The van der Waals surface area contributed by atoms with E-state index in [9.17, 15) is 0 Å². The lowest BCUT2D eigenvalue weighted by Crippen LogP contribution is -2.14. The van der Waals surface area contributed by atoms with Gasteiger partial charge in [0.05, 0.1) is 23.0 Å². The first-order valence-corrected chi connectivity index (χ1v) is 5.76. The molecule has 0 spiro atoms. The van der Waals surface area contributed by atoms with Crippen LogP contribution in [0.15, 0.2) is 36.9 Å².